The zero-order valence-corrected chi connectivity index (χ0v) is 7.29. The Hall–Kier alpha value is -1.75. The third-order valence-corrected chi connectivity index (χ3v) is 1.55. The molecule has 0 fully saturated rings. The van der Waals surface area contributed by atoms with Gasteiger partial charge in [-0.2, -0.15) is 0 Å². The van der Waals surface area contributed by atoms with Crippen molar-refractivity contribution < 1.29 is 4.79 Å². The van der Waals surface area contributed by atoms with E-state index < -0.39 is 0 Å². The Morgan fingerprint density at radius 2 is 2.08 bits per heavy atom. The lowest BCUT2D eigenvalue weighted by Crippen LogP contribution is -2.10. The number of para-hydroxylation sites is 1. The Balaban J connectivity index is 2.42. The molecule has 1 aromatic carbocycles. The largest absolute Gasteiger partial charge is 0.326 e. The maximum absolute atomic E-state index is 11.2. The van der Waals surface area contributed by atoms with Crippen molar-refractivity contribution in [3.63, 3.8) is 0 Å². The van der Waals surface area contributed by atoms with Crippen LogP contribution in [0.3, 0.4) is 0 Å². The van der Waals surface area contributed by atoms with Gasteiger partial charge in [0.05, 0.1) is 0 Å². The maximum Gasteiger partial charge on any atom is 0.225 e. The Bertz CT molecular complexity index is 311. The summed E-state index contributed by atoms with van der Waals surface area (Å²) in [7, 11) is 0. The molecule has 2 nitrogen and oxygen atoms in total. The molecular formula is C11H11NO. The summed E-state index contributed by atoms with van der Waals surface area (Å²) in [5.74, 6) is 2.39. The summed E-state index contributed by atoms with van der Waals surface area (Å²) < 4.78 is 0. The SMILES string of the molecule is C#CCCC(=O)Nc1ccccc1. The zero-order chi connectivity index (χ0) is 9.52. The van der Waals surface area contributed by atoms with Crippen LogP contribution in [0.4, 0.5) is 5.69 Å². The van der Waals surface area contributed by atoms with Gasteiger partial charge in [0.15, 0.2) is 0 Å². The molecule has 0 spiro atoms. The van der Waals surface area contributed by atoms with E-state index in [2.05, 4.69) is 11.2 Å². The predicted octanol–water partition coefficient (Wildman–Crippen LogP) is 2.04. The second-order valence-corrected chi connectivity index (χ2v) is 2.62. The van der Waals surface area contributed by atoms with E-state index in [0.717, 1.165) is 5.69 Å². The van der Waals surface area contributed by atoms with Gasteiger partial charge in [0.25, 0.3) is 0 Å². The first-order valence-corrected chi connectivity index (χ1v) is 4.11. The van der Waals surface area contributed by atoms with Crippen LogP contribution in [0.25, 0.3) is 0 Å². The van der Waals surface area contributed by atoms with E-state index in [1.54, 1.807) is 0 Å². The Morgan fingerprint density at radius 3 is 2.69 bits per heavy atom. The fourth-order valence-electron chi connectivity index (χ4n) is 0.931. The van der Waals surface area contributed by atoms with Crippen molar-refractivity contribution >= 4 is 11.6 Å². The van der Waals surface area contributed by atoms with Crippen LogP contribution in [0.5, 0.6) is 0 Å². The highest BCUT2D eigenvalue weighted by Crippen LogP contribution is 2.05. The molecule has 0 aliphatic carbocycles. The molecule has 0 atom stereocenters. The predicted molar refractivity (Wildman–Crippen MR) is 53.1 cm³/mol. The van der Waals surface area contributed by atoms with Crippen molar-refractivity contribution in [1.82, 2.24) is 0 Å². The molecule has 1 rings (SSSR count). The van der Waals surface area contributed by atoms with E-state index in [9.17, 15) is 4.79 Å². The van der Waals surface area contributed by atoms with E-state index >= 15 is 0 Å². The number of amides is 1. The molecule has 2 heteroatoms. The molecule has 0 saturated heterocycles. The van der Waals surface area contributed by atoms with Crippen molar-refractivity contribution in [2.75, 3.05) is 5.32 Å². The summed E-state index contributed by atoms with van der Waals surface area (Å²) in [5, 5.41) is 2.74. The minimum atomic E-state index is -0.0378. The third-order valence-electron chi connectivity index (χ3n) is 1.55. The summed E-state index contributed by atoms with van der Waals surface area (Å²) in [6.45, 7) is 0. The molecule has 0 radical (unpaired) electrons. The quantitative estimate of drug-likeness (QED) is 0.696. The number of hydrogen-bond donors (Lipinski definition) is 1. The van der Waals surface area contributed by atoms with Crippen LogP contribution in [0.2, 0.25) is 0 Å². The molecule has 0 heterocycles. The molecule has 1 amide bonds. The van der Waals surface area contributed by atoms with Gasteiger partial charge in [-0.1, -0.05) is 18.2 Å². The topological polar surface area (TPSA) is 29.1 Å². The number of hydrogen-bond acceptors (Lipinski definition) is 1. The lowest BCUT2D eigenvalue weighted by molar-refractivity contribution is -0.116. The number of carbonyl (C=O) groups is 1. The minimum absolute atomic E-state index is 0.0378. The van der Waals surface area contributed by atoms with Crippen LogP contribution in [0, 0.1) is 12.3 Å². The summed E-state index contributed by atoms with van der Waals surface area (Å²) in [5.41, 5.74) is 0.810. The molecule has 1 aromatic rings. The first-order valence-electron chi connectivity index (χ1n) is 4.11. The first-order chi connectivity index (χ1) is 6.33. The van der Waals surface area contributed by atoms with Gasteiger partial charge in [-0.3, -0.25) is 4.79 Å². The molecule has 0 unspecified atom stereocenters. The Kier molecular flexibility index (Phi) is 3.59. The molecular weight excluding hydrogens is 162 g/mol. The molecule has 66 valence electrons. The Labute approximate surface area is 78.0 Å². The number of rotatable bonds is 3. The van der Waals surface area contributed by atoms with Gasteiger partial charge < -0.3 is 5.32 Å². The molecule has 0 saturated carbocycles. The number of anilines is 1. The summed E-state index contributed by atoms with van der Waals surface area (Å²) in [6, 6.07) is 9.33. The van der Waals surface area contributed by atoms with E-state index in [0.29, 0.717) is 12.8 Å². The van der Waals surface area contributed by atoms with Gasteiger partial charge >= 0.3 is 0 Å². The van der Waals surface area contributed by atoms with Crippen molar-refractivity contribution in [3.05, 3.63) is 30.3 Å². The van der Waals surface area contributed by atoms with Gasteiger partial charge in [0.1, 0.15) is 0 Å². The fourth-order valence-corrected chi connectivity index (χ4v) is 0.931. The van der Waals surface area contributed by atoms with Gasteiger partial charge in [-0.25, -0.2) is 0 Å². The van der Waals surface area contributed by atoms with Crippen molar-refractivity contribution in [2.24, 2.45) is 0 Å². The highest BCUT2D eigenvalue weighted by atomic mass is 16.1. The number of carbonyl (C=O) groups excluding carboxylic acids is 1. The second kappa shape index (κ2) is 5.00. The second-order valence-electron chi connectivity index (χ2n) is 2.62. The van der Waals surface area contributed by atoms with Gasteiger partial charge in [0.2, 0.25) is 5.91 Å². The first kappa shape index (κ1) is 9.34. The third kappa shape index (κ3) is 3.44. The van der Waals surface area contributed by atoms with E-state index in [1.807, 2.05) is 30.3 Å². The number of nitrogens with one attached hydrogen (secondary N) is 1. The number of terminal acetylenes is 1. The van der Waals surface area contributed by atoms with Crippen LogP contribution >= 0.6 is 0 Å². The van der Waals surface area contributed by atoms with Gasteiger partial charge in [-0.05, 0) is 12.1 Å². The maximum atomic E-state index is 11.2. The van der Waals surface area contributed by atoms with Crippen molar-refractivity contribution in [2.45, 2.75) is 12.8 Å². The lowest BCUT2D eigenvalue weighted by Gasteiger charge is -2.02. The van der Waals surface area contributed by atoms with E-state index in [-0.39, 0.29) is 5.91 Å². The van der Waals surface area contributed by atoms with Crippen LogP contribution in [0.1, 0.15) is 12.8 Å². The molecule has 0 aromatic heterocycles. The minimum Gasteiger partial charge on any atom is -0.326 e. The van der Waals surface area contributed by atoms with E-state index in [4.69, 9.17) is 6.42 Å². The highest BCUT2D eigenvalue weighted by Gasteiger charge is 1.98. The van der Waals surface area contributed by atoms with Crippen molar-refractivity contribution in [3.8, 4) is 12.3 Å². The zero-order valence-electron chi connectivity index (χ0n) is 7.29. The molecule has 0 bridgehead atoms. The molecule has 0 aliphatic rings. The van der Waals surface area contributed by atoms with Crippen LogP contribution < -0.4 is 5.32 Å². The normalized spacial score (nSPS) is 8.85. The van der Waals surface area contributed by atoms with E-state index in [1.165, 1.54) is 0 Å². The van der Waals surface area contributed by atoms with Crippen LogP contribution in [-0.4, -0.2) is 5.91 Å². The molecule has 13 heavy (non-hydrogen) atoms. The highest BCUT2D eigenvalue weighted by molar-refractivity contribution is 5.90. The lowest BCUT2D eigenvalue weighted by atomic mass is 10.3. The molecule has 1 N–H and O–H groups in total. The standard InChI is InChI=1S/C11H11NO/c1-2-3-9-11(13)12-10-7-5-4-6-8-10/h1,4-8H,3,9H2,(H,12,13). The number of benzene rings is 1. The summed E-state index contributed by atoms with van der Waals surface area (Å²) in [4.78, 5) is 11.2. The van der Waals surface area contributed by atoms with Crippen molar-refractivity contribution in [1.29, 1.82) is 0 Å². The van der Waals surface area contributed by atoms with Crippen LogP contribution in [0.15, 0.2) is 30.3 Å². The Morgan fingerprint density at radius 1 is 1.38 bits per heavy atom. The monoisotopic (exact) mass is 173 g/mol. The fraction of sp³-hybridized carbons (Fsp3) is 0.182. The summed E-state index contributed by atoms with van der Waals surface area (Å²) in [6.07, 6.45) is 5.91. The summed E-state index contributed by atoms with van der Waals surface area (Å²) >= 11 is 0. The smallest absolute Gasteiger partial charge is 0.225 e. The molecule has 0 aliphatic heterocycles. The van der Waals surface area contributed by atoms with Crippen LogP contribution in [-0.2, 0) is 4.79 Å². The average Bonchev–Trinajstić information content (AvgIpc) is 2.16. The van der Waals surface area contributed by atoms with Gasteiger partial charge in [0, 0.05) is 18.5 Å². The average molecular weight is 173 g/mol. The van der Waals surface area contributed by atoms with Gasteiger partial charge in [-0.15, -0.1) is 12.3 Å².